The Balaban J connectivity index is 2.14. The highest BCUT2D eigenvalue weighted by molar-refractivity contribution is 4.46. The van der Waals surface area contributed by atoms with Crippen LogP contribution in [0.2, 0.25) is 0 Å². The Bertz CT molecular complexity index is 51.7. The summed E-state index contributed by atoms with van der Waals surface area (Å²) in [6.45, 7) is 4.92. The summed E-state index contributed by atoms with van der Waals surface area (Å²) in [7, 11) is 0. The van der Waals surface area contributed by atoms with Gasteiger partial charge in [0.15, 0.2) is 0 Å². The van der Waals surface area contributed by atoms with Crippen LogP contribution in [0.1, 0.15) is 6.92 Å². The van der Waals surface area contributed by atoms with Gasteiger partial charge in [-0.1, -0.05) is 6.92 Å². The fourth-order valence-electron chi connectivity index (χ4n) is 0.561. The summed E-state index contributed by atoms with van der Waals surface area (Å²) in [6.07, 6.45) is 0. The van der Waals surface area contributed by atoms with Crippen molar-refractivity contribution in [1.82, 2.24) is 10.6 Å². The quantitative estimate of drug-likeness (QED) is 0.494. The molecule has 1 saturated heterocycles. The number of nitrogens with one attached hydrogen (secondary N) is 1. The van der Waals surface area contributed by atoms with E-state index in [9.17, 15) is 0 Å². The lowest BCUT2D eigenvalue weighted by molar-refractivity contribution is 0.0146. The van der Waals surface area contributed by atoms with Crippen LogP contribution in [0.3, 0.4) is 0 Å². The van der Waals surface area contributed by atoms with E-state index in [2.05, 4.69) is 12.5 Å². The Hall–Kier alpha value is -0.120. The van der Waals surface area contributed by atoms with E-state index in [1.807, 2.05) is 5.01 Å². The lowest BCUT2D eigenvalue weighted by Gasteiger charge is -2.06. The molecule has 0 saturated carbocycles. The Morgan fingerprint density at radius 3 is 3.00 bits per heavy atom. The Labute approximate surface area is 43.2 Å². The molecule has 0 bridgehead atoms. The summed E-state index contributed by atoms with van der Waals surface area (Å²) in [5.41, 5.74) is 2.74. The largest absolute Gasteiger partial charge is 0.285 e. The van der Waals surface area contributed by atoms with Crippen LogP contribution < -0.4 is 5.59 Å². The zero-order valence-corrected chi connectivity index (χ0v) is 4.48. The summed E-state index contributed by atoms with van der Waals surface area (Å²) in [6, 6.07) is 0. The third kappa shape index (κ3) is 1.12. The van der Waals surface area contributed by atoms with E-state index in [0.29, 0.717) is 0 Å². The van der Waals surface area contributed by atoms with Crippen LogP contribution in [0, 0.1) is 0 Å². The van der Waals surface area contributed by atoms with Gasteiger partial charge in [-0.3, -0.25) is 4.84 Å². The van der Waals surface area contributed by atoms with Crippen molar-refractivity contribution in [2.24, 2.45) is 0 Å². The van der Waals surface area contributed by atoms with Crippen LogP contribution in [0.15, 0.2) is 0 Å². The van der Waals surface area contributed by atoms with Gasteiger partial charge in [0.25, 0.3) is 0 Å². The van der Waals surface area contributed by atoms with Crippen molar-refractivity contribution >= 4 is 0 Å². The molecule has 1 rings (SSSR count). The first-order valence-corrected chi connectivity index (χ1v) is 2.56. The molecule has 1 heterocycles. The topological polar surface area (TPSA) is 24.5 Å². The maximum Gasteiger partial charge on any atom is 0.0840 e. The zero-order chi connectivity index (χ0) is 5.11. The molecule has 0 aromatic heterocycles. The molecule has 3 nitrogen and oxygen atoms in total. The molecule has 0 aromatic carbocycles. The first-order chi connectivity index (χ1) is 3.43. The van der Waals surface area contributed by atoms with Gasteiger partial charge in [-0.15, -0.1) is 5.59 Å². The number of hydrogen-bond donors (Lipinski definition) is 1. The average molecular weight is 102 g/mol. The van der Waals surface area contributed by atoms with Crippen LogP contribution in [-0.2, 0) is 4.84 Å². The molecule has 1 fully saturated rings. The number of hydrogen-bond acceptors (Lipinski definition) is 3. The fraction of sp³-hybridized carbons (Fsp3) is 1.00. The number of rotatable bonds is 1. The predicted molar refractivity (Wildman–Crippen MR) is 26.3 cm³/mol. The maximum atomic E-state index is 4.82. The lowest BCUT2D eigenvalue weighted by Crippen LogP contribution is -2.29. The number of hydrazine groups is 1. The standard InChI is InChI=1S/C4H10N2O/c1-2-6-3-4-7-5-6/h5H,2-4H2,1H3. The number of nitrogens with zero attached hydrogens (tertiary/aromatic N) is 1. The fourth-order valence-corrected chi connectivity index (χ4v) is 0.561. The molecule has 0 radical (unpaired) electrons. The molecule has 1 aliphatic rings. The minimum Gasteiger partial charge on any atom is -0.285 e. The highest BCUT2D eigenvalue weighted by Crippen LogP contribution is 1.88. The van der Waals surface area contributed by atoms with Gasteiger partial charge in [-0.25, -0.2) is 5.01 Å². The summed E-state index contributed by atoms with van der Waals surface area (Å²) >= 11 is 0. The van der Waals surface area contributed by atoms with Gasteiger partial charge >= 0.3 is 0 Å². The monoisotopic (exact) mass is 102 g/mol. The van der Waals surface area contributed by atoms with Crippen LogP contribution in [-0.4, -0.2) is 24.7 Å². The minimum absolute atomic E-state index is 0.813. The molecular formula is C4H10N2O. The van der Waals surface area contributed by atoms with E-state index < -0.39 is 0 Å². The number of likely N-dealkylation sites (N-methyl/N-ethyl adjacent to an activating group) is 1. The van der Waals surface area contributed by atoms with E-state index in [0.717, 1.165) is 19.7 Å². The van der Waals surface area contributed by atoms with E-state index >= 15 is 0 Å². The Morgan fingerprint density at radius 2 is 2.71 bits per heavy atom. The molecule has 0 amide bonds. The van der Waals surface area contributed by atoms with Crippen molar-refractivity contribution in [2.45, 2.75) is 6.92 Å². The van der Waals surface area contributed by atoms with Crippen LogP contribution in [0.25, 0.3) is 0 Å². The molecule has 0 spiro atoms. The summed E-state index contributed by atoms with van der Waals surface area (Å²) in [5.74, 6) is 0. The SMILES string of the molecule is CCN1CCON1. The first kappa shape index (κ1) is 5.03. The molecule has 0 unspecified atom stereocenters. The van der Waals surface area contributed by atoms with Gasteiger partial charge in [0, 0.05) is 13.1 Å². The molecule has 42 valence electrons. The van der Waals surface area contributed by atoms with Gasteiger partial charge in [0.1, 0.15) is 0 Å². The van der Waals surface area contributed by atoms with Crippen molar-refractivity contribution in [3.63, 3.8) is 0 Å². The predicted octanol–water partition coefficient (Wildman–Crippen LogP) is -0.242. The van der Waals surface area contributed by atoms with E-state index in [-0.39, 0.29) is 0 Å². The van der Waals surface area contributed by atoms with Crippen molar-refractivity contribution in [2.75, 3.05) is 19.7 Å². The Morgan fingerprint density at radius 1 is 1.86 bits per heavy atom. The van der Waals surface area contributed by atoms with Crippen molar-refractivity contribution in [1.29, 1.82) is 0 Å². The molecule has 1 aliphatic heterocycles. The third-order valence-corrected chi connectivity index (χ3v) is 1.04. The lowest BCUT2D eigenvalue weighted by atomic mass is 10.6. The zero-order valence-electron chi connectivity index (χ0n) is 4.48. The third-order valence-electron chi connectivity index (χ3n) is 1.04. The van der Waals surface area contributed by atoms with Crippen molar-refractivity contribution in [3.05, 3.63) is 0 Å². The second-order valence-corrected chi connectivity index (χ2v) is 1.52. The van der Waals surface area contributed by atoms with E-state index in [1.165, 1.54) is 0 Å². The summed E-state index contributed by atoms with van der Waals surface area (Å²) in [4.78, 5) is 4.82. The maximum absolute atomic E-state index is 4.82. The molecular weight excluding hydrogens is 92.1 g/mol. The molecule has 1 N–H and O–H groups in total. The van der Waals surface area contributed by atoms with Crippen LogP contribution >= 0.6 is 0 Å². The average Bonchev–Trinajstić information content (AvgIpc) is 2.14. The normalized spacial score (nSPS) is 23.6. The van der Waals surface area contributed by atoms with Gasteiger partial charge in [0.05, 0.1) is 6.61 Å². The summed E-state index contributed by atoms with van der Waals surface area (Å²) in [5, 5.41) is 2.01. The smallest absolute Gasteiger partial charge is 0.0840 e. The highest BCUT2D eigenvalue weighted by Gasteiger charge is 2.06. The second-order valence-electron chi connectivity index (χ2n) is 1.52. The van der Waals surface area contributed by atoms with Crippen molar-refractivity contribution in [3.8, 4) is 0 Å². The molecule has 7 heavy (non-hydrogen) atoms. The molecule has 0 atom stereocenters. The van der Waals surface area contributed by atoms with Crippen LogP contribution in [0.5, 0.6) is 0 Å². The molecule has 3 heteroatoms. The second kappa shape index (κ2) is 2.26. The Kier molecular flexibility index (Phi) is 1.62. The van der Waals surface area contributed by atoms with Gasteiger partial charge in [-0.2, -0.15) is 0 Å². The van der Waals surface area contributed by atoms with Gasteiger partial charge in [0.2, 0.25) is 0 Å². The van der Waals surface area contributed by atoms with E-state index in [1.54, 1.807) is 0 Å². The highest BCUT2D eigenvalue weighted by atomic mass is 16.7. The summed E-state index contributed by atoms with van der Waals surface area (Å²) < 4.78 is 0. The first-order valence-electron chi connectivity index (χ1n) is 2.56. The minimum atomic E-state index is 0.813. The van der Waals surface area contributed by atoms with E-state index in [4.69, 9.17) is 4.84 Å². The van der Waals surface area contributed by atoms with Gasteiger partial charge in [-0.05, 0) is 0 Å². The molecule has 0 aliphatic carbocycles. The van der Waals surface area contributed by atoms with Crippen LogP contribution in [0.4, 0.5) is 0 Å². The van der Waals surface area contributed by atoms with Gasteiger partial charge < -0.3 is 0 Å². The molecule has 0 aromatic rings. The van der Waals surface area contributed by atoms with Crippen molar-refractivity contribution < 1.29 is 4.84 Å².